The van der Waals surface area contributed by atoms with Crippen molar-refractivity contribution in [3.8, 4) is 5.88 Å². The van der Waals surface area contributed by atoms with E-state index in [1.165, 1.54) is 0 Å². The van der Waals surface area contributed by atoms with E-state index in [9.17, 15) is 5.11 Å². The molecule has 6 nitrogen and oxygen atoms in total. The molecule has 2 rings (SSSR count). The number of para-hydroxylation sites is 1. The Morgan fingerprint density at radius 3 is 2.90 bits per heavy atom. The lowest BCUT2D eigenvalue weighted by atomic mass is 10.2. The van der Waals surface area contributed by atoms with Gasteiger partial charge in [0.05, 0.1) is 5.52 Å². The predicted octanol–water partition coefficient (Wildman–Crippen LogP) is 3.62. The van der Waals surface area contributed by atoms with E-state index < -0.39 is 0 Å². The van der Waals surface area contributed by atoms with E-state index in [0.717, 1.165) is 23.0 Å². The van der Waals surface area contributed by atoms with Gasteiger partial charge in [0.15, 0.2) is 5.69 Å². The predicted molar refractivity (Wildman–Crippen MR) is 83.6 cm³/mol. The van der Waals surface area contributed by atoms with Crippen LogP contribution in [-0.4, -0.2) is 20.9 Å². The van der Waals surface area contributed by atoms with Crippen LogP contribution in [-0.2, 0) is 0 Å². The molecule has 0 spiro atoms. The molecule has 1 aromatic carbocycles. The Morgan fingerprint density at radius 1 is 1.40 bits per heavy atom. The molecular weight excluding hydrogens is 274 g/mol. The average Bonchev–Trinajstić information content (AvgIpc) is 2.78. The van der Waals surface area contributed by atoms with Gasteiger partial charge in [-0.15, -0.1) is 10.2 Å². The standard InChI is InChI=1S/C13H15N5OS/c1-3-8(2)15-17-13(20)18-16-11-9-6-4-5-7-10(9)14-12(11)19/h4-7,14,19H,3H2,1-2H3,(H,17,20). The third-order valence-corrected chi connectivity index (χ3v) is 2.93. The van der Waals surface area contributed by atoms with Crippen LogP contribution in [0.25, 0.3) is 10.9 Å². The second-order valence-corrected chi connectivity index (χ2v) is 4.57. The van der Waals surface area contributed by atoms with Crippen LogP contribution in [0.15, 0.2) is 39.6 Å². The Bertz CT molecular complexity index is 689. The number of H-pyrrole nitrogens is 1. The lowest BCUT2D eigenvalue weighted by Gasteiger charge is -1.97. The van der Waals surface area contributed by atoms with Crippen molar-refractivity contribution in [1.29, 1.82) is 0 Å². The van der Waals surface area contributed by atoms with Crippen LogP contribution in [0, 0.1) is 0 Å². The molecule has 0 aliphatic rings. The van der Waals surface area contributed by atoms with Crippen LogP contribution >= 0.6 is 12.2 Å². The monoisotopic (exact) mass is 289 g/mol. The fraction of sp³-hybridized carbons (Fsp3) is 0.231. The highest BCUT2D eigenvalue weighted by Gasteiger charge is 2.09. The number of aromatic nitrogens is 1. The average molecular weight is 289 g/mol. The number of azo groups is 1. The van der Waals surface area contributed by atoms with Crippen LogP contribution < -0.4 is 5.43 Å². The number of hydrogen-bond donors (Lipinski definition) is 3. The minimum Gasteiger partial charge on any atom is -0.493 e. The summed E-state index contributed by atoms with van der Waals surface area (Å²) < 4.78 is 0. The van der Waals surface area contributed by atoms with E-state index in [1.807, 2.05) is 38.1 Å². The van der Waals surface area contributed by atoms with Gasteiger partial charge in [0.25, 0.3) is 0 Å². The molecule has 1 aromatic heterocycles. The van der Waals surface area contributed by atoms with Crippen molar-refractivity contribution in [1.82, 2.24) is 10.4 Å². The molecule has 0 saturated carbocycles. The van der Waals surface area contributed by atoms with Crippen LogP contribution in [0.4, 0.5) is 5.69 Å². The highest BCUT2D eigenvalue weighted by Crippen LogP contribution is 2.35. The van der Waals surface area contributed by atoms with Gasteiger partial charge in [-0.3, -0.25) is 5.43 Å². The molecule has 0 unspecified atom stereocenters. The first-order valence-corrected chi connectivity index (χ1v) is 6.57. The number of nitrogens with zero attached hydrogens (tertiary/aromatic N) is 3. The molecule has 20 heavy (non-hydrogen) atoms. The van der Waals surface area contributed by atoms with Gasteiger partial charge in [-0.1, -0.05) is 25.1 Å². The molecule has 7 heteroatoms. The zero-order valence-electron chi connectivity index (χ0n) is 11.2. The maximum atomic E-state index is 9.80. The van der Waals surface area contributed by atoms with Crippen molar-refractivity contribution in [2.75, 3.05) is 0 Å². The highest BCUT2D eigenvalue weighted by molar-refractivity contribution is 7.80. The van der Waals surface area contributed by atoms with E-state index in [2.05, 4.69) is 25.7 Å². The van der Waals surface area contributed by atoms with Gasteiger partial charge >= 0.3 is 0 Å². The number of hydrazone groups is 1. The van der Waals surface area contributed by atoms with Gasteiger partial charge in [0, 0.05) is 11.1 Å². The first-order valence-electron chi connectivity index (χ1n) is 6.16. The first-order chi connectivity index (χ1) is 9.61. The Kier molecular flexibility index (Phi) is 4.41. The van der Waals surface area contributed by atoms with Gasteiger partial charge in [-0.05, 0) is 31.6 Å². The summed E-state index contributed by atoms with van der Waals surface area (Å²) in [6, 6.07) is 7.42. The first kappa shape index (κ1) is 14.1. The number of nitrogens with one attached hydrogen (secondary N) is 2. The summed E-state index contributed by atoms with van der Waals surface area (Å²) in [4.78, 5) is 2.82. The molecule has 2 aromatic rings. The fourth-order valence-corrected chi connectivity index (χ4v) is 1.64. The van der Waals surface area contributed by atoms with Crippen LogP contribution in [0.3, 0.4) is 0 Å². The van der Waals surface area contributed by atoms with E-state index >= 15 is 0 Å². The fourth-order valence-electron chi connectivity index (χ4n) is 1.55. The molecular formula is C13H15N5OS. The number of thiocarbonyl (C=S) groups is 1. The molecule has 0 bridgehead atoms. The minimum absolute atomic E-state index is 0.0361. The Morgan fingerprint density at radius 2 is 2.15 bits per heavy atom. The molecule has 0 fully saturated rings. The summed E-state index contributed by atoms with van der Waals surface area (Å²) in [5.74, 6) is -0.0361. The summed E-state index contributed by atoms with van der Waals surface area (Å²) in [5.41, 5.74) is 4.70. The van der Waals surface area contributed by atoms with Crippen LogP contribution in [0.1, 0.15) is 20.3 Å². The maximum Gasteiger partial charge on any atom is 0.234 e. The third-order valence-electron chi connectivity index (χ3n) is 2.75. The number of benzene rings is 1. The van der Waals surface area contributed by atoms with Crippen molar-refractivity contribution in [2.45, 2.75) is 20.3 Å². The lowest BCUT2D eigenvalue weighted by Crippen LogP contribution is -2.13. The van der Waals surface area contributed by atoms with Crippen molar-refractivity contribution in [2.24, 2.45) is 15.3 Å². The summed E-state index contributed by atoms with van der Waals surface area (Å²) in [7, 11) is 0. The summed E-state index contributed by atoms with van der Waals surface area (Å²) in [6.45, 7) is 3.88. The molecule has 0 radical (unpaired) electrons. The molecule has 0 saturated heterocycles. The molecule has 104 valence electrons. The third kappa shape index (κ3) is 3.18. The van der Waals surface area contributed by atoms with Gasteiger partial charge in [0.2, 0.25) is 11.0 Å². The molecule has 0 aliphatic carbocycles. The van der Waals surface area contributed by atoms with Gasteiger partial charge in [-0.25, -0.2) is 0 Å². The van der Waals surface area contributed by atoms with Gasteiger partial charge in [-0.2, -0.15) is 5.10 Å². The van der Waals surface area contributed by atoms with E-state index in [1.54, 1.807) is 0 Å². The Balaban J connectivity index is 2.17. The number of rotatable bonds is 3. The second kappa shape index (κ2) is 6.25. The van der Waals surface area contributed by atoms with E-state index in [4.69, 9.17) is 12.2 Å². The molecule has 0 atom stereocenters. The SMILES string of the molecule is CCC(C)=NNC(=S)N=Nc1c(O)[nH]c2ccccc12. The normalized spacial score (nSPS) is 12.2. The molecule has 0 amide bonds. The smallest absolute Gasteiger partial charge is 0.234 e. The summed E-state index contributed by atoms with van der Waals surface area (Å²) in [6.07, 6.45) is 0.829. The Labute approximate surface area is 121 Å². The molecule has 0 aliphatic heterocycles. The minimum atomic E-state index is -0.0361. The molecule has 3 N–H and O–H groups in total. The van der Waals surface area contributed by atoms with Crippen molar-refractivity contribution < 1.29 is 5.11 Å². The van der Waals surface area contributed by atoms with Crippen molar-refractivity contribution in [3.63, 3.8) is 0 Å². The lowest BCUT2D eigenvalue weighted by molar-refractivity contribution is 0.459. The van der Waals surface area contributed by atoms with E-state index in [0.29, 0.717) is 5.69 Å². The number of fused-ring (bicyclic) bond motifs is 1. The summed E-state index contributed by atoms with van der Waals surface area (Å²) in [5, 5.41) is 22.6. The second-order valence-electron chi connectivity index (χ2n) is 4.19. The largest absolute Gasteiger partial charge is 0.493 e. The zero-order valence-corrected chi connectivity index (χ0v) is 12.0. The van der Waals surface area contributed by atoms with E-state index in [-0.39, 0.29) is 11.0 Å². The van der Waals surface area contributed by atoms with Gasteiger partial charge in [0.1, 0.15) is 0 Å². The highest BCUT2D eigenvalue weighted by atomic mass is 32.1. The quantitative estimate of drug-likeness (QED) is 0.349. The van der Waals surface area contributed by atoms with Crippen molar-refractivity contribution in [3.05, 3.63) is 24.3 Å². The van der Waals surface area contributed by atoms with Crippen LogP contribution in [0.2, 0.25) is 0 Å². The molecule has 1 heterocycles. The zero-order chi connectivity index (χ0) is 14.5. The van der Waals surface area contributed by atoms with Crippen LogP contribution in [0.5, 0.6) is 5.88 Å². The number of aromatic amines is 1. The summed E-state index contributed by atoms with van der Waals surface area (Å²) >= 11 is 4.99. The topological polar surface area (TPSA) is 85.1 Å². The number of aromatic hydroxyl groups is 1. The van der Waals surface area contributed by atoms with Crippen molar-refractivity contribution >= 4 is 39.6 Å². The van der Waals surface area contributed by atoms with Gasteiger partial charge < -0.3 is 10.1 Å². The Hall–Kier alpha value is -2.28. The maximum absolute atomic E-state index is 9.80. The number of hydrogen-bond acceptors (Lipinski definition) is 4.